The molecule has 0 amide bonds. The van der Waals surface area contributed by atoms with E-state index in [1.54, 1.807) is 0 Å². The molecule has 0 radical (unpaired) electrons. The molecule has 0 aromatic heterocycles. The first kappa shape index (κ1) is 9.60. The summed E-state index contributed by atoms with van der Waals surface area (Å²) in [4.78, 5) is 0. The SMILES string of the molecule is C=P(C)(C)CP(=C)(C)C. The molecule has 0 N–H and O–H groups in total. The van der Waals surface area contributed by atoms with Crippen molar-refractivity contribution in [3.63, 3.8) is 0 Å². The van der Waals surface area contributed by atoms with Gasteiger partial charge in [-0.1, -0.05) is 0 Å². The minimum atomic E-state index is -0.800. The van der Waals surface area contributed by atoms with Gasteiger partial charge in [-0.3, -0.25) is 0 Å². The lowest BCUT2D eigenvalue weighted by Crippen LogP contribution is -1.86. The Morgan fingerprint density at radius 3 is 1.11 bits per heavy atom. The first-order valence-electron chi connectivity index (χ1n) is 3.05. The van der Waals surface area contributed by atoms with E-state index >= 15 is 0 Å². The second-order valence-electron chi connectivity index (χ2n) is 4.01. The minimum Gasteiger partial charge on any atom is -0.114 e. The maximum Gasteiger partial charge on any atom is -0.0143 e. The van der Waals surface area contributed by atoms with Crippen molar-refractivity contribution in [2.24, 2.45) is 0 Å². The van der Waals surface area contributed by atoms with E-state index in [1.165, 1.54) is 5.90 Å². The molecule has 0 saturated heterocycles. The summed E-state index contributed by atoms with van der Waals surface area (Å²) in [5.74, 6) is 1.29. The topological polar surface area (TPSA) is 0 Å². The van der Waals surface area contributed by atoms with Gasteiger partial charge in [0.05, 0.1) is 0 Å². The standard InChI is InChI=1S/C7H18P2/c1-8(2,3)7-9(4,5)6/h1,4,7H2,2-3,5-6H3. The Morgan fingerprint density at radius 1 is 0.889 bits per heavy atom. The third kappa shape index (κ3) is 8.60. The molecule has 2 heteroatoms. The molecule has 56 valence electrons. The molecule has 0 aliphatic carbocycles. The van der Waals surface area contributed by atoms with Crippen molar-refractivity contribution in [2.75, 3.05) is 32.6 Å². The Hall–Kier alpha value is 0.600. The van der Waals surface area contributed by atoms with Crippen molar-refractivity contribution >= 4 is 26.4 Å². The fourth-order valence-electron chi connectivity index (χ4n) is 1.04. The number of rotatable bonds is 2. The predicted molar refractivity (Wildman–Crippen MR) is 56.6 cm³/mol. The molecule has 0 bridgehead atoms. The molecular weight excluding hydrogens is 146 g/mol. The first-order valence-corrected chi connectivity index (χ1v) is 9.16. The average molecular weight is 164 g/mol. The third-order valence-electron chi connectivity index (χ3n) is 0.766. The molecule has 0 nitrogen and oxygen atoms in total. The van der Waals surface area contributed by atoms with E-state index in [0.29, 0.717) is 0 Å². The highest BCUT2D eigenvalue weighted by Gasteiger charge is 2.05. The third-order valence-corrected chi connectivity index (χ3v) is 6.89. The Bertz CT molecular complexity index is 147. The molecule has 0 aromatic carbocycles. The van der Waals surface area contributed by atoms with Crippen molar-refractivity contribution in [1.82, 2.24) is 0 Å². The lowest BCUT2D eigenvalue weighted by atomic mass is 11.8. The van der Waals surface area contributed by atoms with Crippen LogP contribution in [0.2, 0.25) is 0 Å². The van der Waals surface area contributed by atoms with Gasteiger partial charge in [-0.2, -0.15) is 0 Å². The lowest BCUT2D eigenvalue weighted by Gasteiger charge is -2.20. The van der Waals surface area contributed by atoms with Gasteiger partial charge < -0.3 is 0 Å². The van der Waals surface area contributed by atoms with Crippen LogP contribution >= 0.6 is 13.8 Å². The summed E-state index contributed by atoms with van der Waals surface area (Å²) in [6.45, 7) is 7.51. The molecule has 9 heavy (non-hydrogen) atoms. The van der Waals surface area contributed by atoms with Gasteiger partial charge in [0, 0.05) is 0 Å². The molecule has 0 spiro atoms. The molecule has 0 unspecified atom stereocenters. The van der Waals surface area contributed by atoms with Crippen molar-refractivity contribution in [1.29, 1.82) is 0 Å². The van der Waals surface area contributed by atoms with Crippen molar-refractivity contribution in [3.05, 3.63) is 0 Å². The van der Waals surface area contributed by atoms with E-state index in [-0.39, 0.29) is 0 Å². The highest BCUT2D eigenvalue weighted by molar-refractivity contribution is 7.88. The Kier molecular flexibility index (Phi) is 2.86. The maximum absolute atomic E-state index is 4.15. The van der Waals surface area contributed by atoms with E-state index in [9.17, 15) is 0 Å². The van der Waals surface area contributed by atoms with Crippen LogP contribution in [0.5, 0.6) is 0 Å². The number of hydrogen-bond acceptors (Lipinski definition) is 0. The summed E-state index contributed by atoms with van der Waals surface area (Å²) in [5.41, 5.74) is 0. The van der Waals surface area contributed by atoms with E-state index in [2.05, 4.69) is 39.3 Å². The predicted octanol–water partition coefficient (Wildman–Crippen LogP) is 2.36. The quantitative estimate of drug-likeness (QED) is 0.549. The molecule has 0 aliphatic rings. The van der Waals surface area contributed by atoms with Gasteiger partial charge in [0.2, 0.25) is 0 Å². The molecule has 0 fully saturated rings. The van der Waals surface area contributed by atoms with Crippen LogP contribution in [0.1, 0.15) is 0 Å². The fourth-order valence-corrected chi connectivity index (χ4v) is 9.33. The van der Waals surface area contributed by atoms with E-state index in [1.807, 2.05) is 0 Å². The minimum absolute atomic E-state index is 0.800. The van der Waals surface area contributed by atoms with E-state index in [0.717, 1.165) is 0 Å². The highest BCUT2D eigenvalue weighted by atomic mass is 31.2. The van der Waals surface area contributed by atoms with Gasteiger partial charge in [0.25, 0.3) is 0 Å². The van der Waals surface area contributed by atoms with Crippen LogP contribution in [0.25, 0.3) is 0 Å². The van der Waals surface area contributed by atoms with Crippen LogP contribution in [-0.4, -0.2) is 45.2 Å². The average Bonchev–Trinajstić information content (AvgIpc) is 1.14. The van der Waals surface area contributed by atoms with Crippen LogP contribution < -0.4 is 0 Å². The van der Waals surface area contributed by atoms with Crippen molar-refractivity contribution in [3.8, 4) is 0 Å². The Morgan fingerprint density at radius 2 is 1.11 bits per heavy atom. The molecule has 0 heterocycles. The summed E-state index contributed by atoms with van der Waals surface area (Å²) in [6.07, 6.45) is 8.31. The van der Waals surface area contributed by atoms with Gasteiger partial charge in [0.1, 0.15) is 0 Å². The largest absolute Gasteiger partial charge is 0.114 e. The van der Waals surface area contributed by atoms with Crippen LogP contribution in [0.4, 0.5) is 0 Å². The van der Waals surface area contributed by atoms with Crippen molar-refractivity contribution < 1.29 is 0 Å². The summed E-state index contributed by atoms with van der Waals surface area (Å²) in [6, 6.07) is 0. The second kappa shape index (κ2) is 2.69. The van der Waals surface area contributed by atoms with Gasteiger partial charge in [0.15, 0.2) is 0 Å². The van der Waals surface area contributed by atoms with E-state index in [4.69, 9.17) is 0 Å². The lowest BCUT2D eigenvalue weighted by molar-refractivity contribution is 1.93. The molecular formula is C7H18P2. The summed E-state index contributed by atoms with van der Waals surface area (Å²) in [7, 11) is 0. The normalized spacial score (nSPS) is 13.8. The van der Waals surface area contributed by atoms with Crippen LogP contribution in [-0.2, 0) is 0 Å². The monoisotopic (exact) mass is 164 g/mol. The molecule has 0 saturated carbocycles. The zero-order valence-corrected chi connectivity index (χ0v) is 8.80. The highest BCUT2D eigenvalue weighted by Crippen LogP contribution is 2.52. The van der Waals surface area contributed by atoms with Crippen LogP contribution in [0, 0.1) is 0 Å². The van der Waals surface area contributed by atoms with E-state index < -0.39 is 13.8 Å². The van der Waals surface area contributed by atoms with Crippen LogP contribution in [0.3, 0.4) is 0 Å². The molecule has 0 atom stereocenters. The smallest absolute Gasteiger partial charge is 0.0143 e. The molecule has 0 aliphatic heterocycles. The zero-order chi connectivity index (χ0) is 7.71. The van der Waals surface area contributed by atoms with Gasteiger partial charge in [-0.05, 0) is 32.6 Å². The first-order chi connectivity index (χ1) is 3.71. The zero-order valence-electron chi connectivity index (χ0n) is 7.02. The molecule has 0 aromatic rings. The van der Waals surface area contributed by atoms with Crippen LogP contribution in [0.15, 0.2) is 0 Å². The summed E-state index contributed by atoms with van der Waals surface area (Å²) >= 11 is 0. The van der Waals surface area contributed by atoms with Crippen molar-refractivity contribution in [2.45, 2.75) is 0 Å². The summed E-state index contributed by atoms with van der Waals surface area (Å²) < 4.78 is 0. The van der Waals surface area contributed by atoms with Gasteiger partial charge in [-0.25, -0.2) is 0 Å². The molecule has 0 rings (SSSR count). The van der Waals surface area contributed by atoms with Gasteiger partial charge >= 0.3 is 0 Å². The Balaban J connectivity index is 4.07. The second-order valence-corrected chi connectivity index (χ2v) is 12.9. The fraction of sp³-hybridized carbons (Fsp3) is 0.714. The summed E-state index contributed by atoms with van der Waals surface area (Å²) in [5, 5.41) is 0. The Labute approximate surface area is 59.6 Å². The van der Waals surface area contributed by atoms with Gasteiger partial charge in [-0.15, -0.1) is 26.4 Å². The maximum atomic E-state index is 4.15. The number of hydrogen-bond donors (Lipinski definition) is 0.